The number of rotatable bonds is 0. The number of nitrogens with one attached hydrogen (secondary N) is 1. The molecule has 0 aromatic carbocycles. The summed E-state index contributed by atoms with van der Waals surface area (Å²) in [6.07, 6.45) is 4.43. The number of carbonyl (C=O) groups is 1. The molecule has 3 aromatic rings. The predicted molar refractivity (Wildman–Crippen MR) is 95.5 cm³/mol. The van der Waals surface area contributed by atoms with Gasteiger partial charge in [-0.05, 0) is 25.0 Å². The van der Waals surface area contributed by atoms with Crippen molar-refractivity contribution in [2.24, 2.45) is 0 Å². The maximum atomic E-state index is 14.0. The monoisotopic (exact) mass is 384 g/mol. The third-order valence-corrected chi connectivity index (χ3v) is 5.30. The molecular weight excluding hydrogens is 367 g/mol. The number of fused-ring (bicyclic) bond motifs is 3. The highest BCUT2D eigenvalue weighted by atomic mass is 19.1. The average molecular weight is 384 g/mol. The minimum absolute atomic E-state index is 0.224. The van der Waals surface area contributed by atoms with E-state index in [9.17, 15) is 14.3 Å². The van der Waals surface area contributed by atoms with Gasteiger partial charge in [-0.3, -0.25) is 4.79 Å². The number of nitrogens with zero attached hydrogens (tertiary/aromatic N) is 5. The van der Waals surface area contributed by atoms with E-state index in [-0.39, 0.29) is 18.1 Å². The van der Waals surface area contributed by atoms with E-state index in [2.05, 4.69) is 20.4 Å². The van der Waals surface area contributed by atoms with Gasteiger partial charge in [-0.2, -0.15) is 5.10 Å². The van der Waals surface area contributed by atoms with E-state index >= 15 is 0 Å². The Bertz CT molecular complexity index is 1100. The van der Waals surface area contributed by atoms with Gasteiger partial charge in [0, 0.05) is 18.8 Å². The molecular formula is C18H17FN6O3. The van der Waals surface area contributed by atoms with E-state index < -0.39 is 23.5 Å². The Balaban J connectivity index is 1.70. The number of halogens is 1. The molecule has 1 spiro atoms. The first-order valence-corrected chi connectivity index (χ1v) is 8.84. The zero-order valence-corrected chi connectivity index (χ0v) is 15.0. The van der Waals surface area contributed by atoms with Crippen LogP contribution in [0.3, 0.4) is 0 Å². The molecule has 9 nitrogen and oxygen atoms in total. The minimum atomic E-state index is -1.28. The minimum Gasteiger partial charge on any atom is -0.473 e. The summed E-state index contributed by atoms with van der Waals surface area (Å²) in [4.78, 5) is 23.1. The third kappa shape index (κ3) is 2.48. The van der Waals surface area contributed by atoms with E-state index in [0.717, 1.165) is 19.0 Å². The number of ether oxygens (including phenoxy) is 1. The first-order chi connectivity index (χ1) is 13.5. The van der Waals surface area contributed by atoms with Crippen LogP contribution >= 0.6 is 0 Å². The van der Waals surface area contributed by atoms with E-state index in [1.165, 1.54) is 16.8 Å². The molecule has 1 atom stereocenters. The Labute approximate surface area is 158 Å². The van der Waals surface area contributed by atoms with Crippen LogP contribution in [0, 0.1) is 5.82 Å². The molecule has 1 unspecified atom stereocenters. The number of hydrogen-bond acceptors (Lipinski definition) is 7. The quantitative estimate of drug-likeness (QED) is 0.591. The van der Waals surface area contributed by atoms with Gasteiger partial charge >= 0.3 is 0 Å². The first kappa shape index (κ1) is 16.9. The lowest BCUT2D eigenvalue weighted by Crippen LogP contribution is -2.39. The van der Waals surface area contributed by atoms with E-state index in [1.807, 2.05) is 11.9 Å². The molecule has 1 aliphatic heterocycles. The molecule has 1 fully saturated rings. The summed E-state index contributed by atoms with van der Waals surface area (Å²) < 4.78 is 21.1. The Morgan fingerprint density at radius 1 is 1.39 bits per heavy atom. The van der Waals surface area contributed by atoms with Gasteiger partial charge in [-0.1, -0.05) is 0 Å². The van der Waals surface area contributed by atoms with Crippen LogP contribution in [0.15, 0.2) is 30.7 Å². The standard InChI is InChI=1S/C18H17FN6O3/c1-24-13-2-5-25-15(22-13)11(8-21-25)16(27)23-14(26)9-28-17-12(18(24)3-4-18)6-10(19)7-20-17/h2,5-8,14,26H,3-4,9H2,1H3,(H,23,27). The van der Waals surface area contributed by atoms with Gasteiger partial charge < -0.3 is 20.1 Å². The zero-order valence-electron chi connectivity index (χ0n) is 15.0. The topological polar surface area (TPSA) is 105 Å². The van der Waals surface area contributed by atoms with Crippen molar-refractivity contribution in [2.75, 3.05) is 18.6 Å². The van der Waals surface area contributed by atoms with Gasteiger partial charge in [0.05, 0.1) is 17.9 Å². The summed E-state index contributed by atoms with van der Waals surface area (Å²) in [6, 6.07) is 3.18. The van der Waals surface area contributed by atoms with Crippen molar-refractivity contribution < 1.29 is 19.0 Å². The molecule has 5 rings (SSSR count). The highest BCUT2D eigenvalue weighted by molar-refractivity contribution is 5.99. The van der Waals surface area contributed by atoms with Gasteiger partial charge in [0.25, 0.3) is 5.91 Å². The van der Waals surface area contributed by atoms with Gasteiger partial charge in [-0.15, -0.1) is 0 Å². The summed E-state index contributed by atoms with van der Waals surface area (Å²) in [7, 11) is 1.87. The summed E-state index contributed by atoms with van der Waals surface area (Å²) in [5.74, 6) is -0.162. The number of anilines is 1. The van der Waals surface area contributed by atoms with Gasteiger partial charge in [-0.25, -0.2) is 18.9 Å². The number of carbonyl (C=O) groups excluding carboxylic acids is 1. The van der Waals surface area contributed by atoms with Crippen LogP contribution in [0.4, 0.5) is 10.2 Å². The van der Waals surface area contributed by atoms with Crippen LogP contribution in [0.25, 0.3) is 5.65 Å². The van der Waals surface area contributed by atoms with E-state index in [4.69, 9.17) is 4.74 Å². The molecule has 1 amide bonds. The zero-order chi connectivity index (χ0) is 19.5. The maximum Gasteiger partial charge on any atom is 0.258 e. The SMILES string of the molecule is CN1c2ccn3ncc(c3n2)C(=O)NC(O)COc2ncc(F)cc2C12CC2. The highest BCUT2D eigenvalue weighted by Gasteiger charge is 2.51. The smallest absolute Gasteiger partial charge is 0.258 e. The molecule has 2 aliphatic rings. The molecule has 2 N–H and O–H groups in total. The fourth-order valence-corrected chi connectivity index (χ4v) is 3.63. The summed E-state index contributed by atoms with van der Waals surface area (Å²) >= 11 is 0. The molecule has 2 bridgehead atoms. The second-order valence-electron chi connectivity index (χ2n) is 7.01. The molecule has 3 aromatic heterocycles. The fraction of sp³-hybridized carbons (Fsp3) is 0.333. The number of amides is 1. The Morgan fingerprint density at radius 3 is 3.00 bits per heavy atom. The lowest BCUT2D eigenvalue weighted by Gasteiger charge is -2.30. The van der Waals surface area contributed by atoms with Crippen LogP contribution in [0.1, 0.15) is 28.8 Å². The molecule has 1 aliphatic carbocycles. The Kier molecular flexibility index (Phi) is 3.53. The van der Waals surface area contributed by atoms with Crippen LogP contribution in [-0.4, -0.2) is 50.5 Å². The van der Waals surface area contributed by atoms with Crippen molar-refractivity contribution in [2.45, 2.75) is 24.6 Å². The normalized spacial score (nSPS) is 20.8. The summed E-state index contributed by atoms with van der Waals surface area (Å²) in [5, 5.41) is 16.7. The van der Waals surface area contributed by atoms with Crippen molar-refractivity contribution in [1.29, 1.82) is 0 Å². The van der Waals surface area contributed by atoms with Crippen molar-refractivity contribution in [3.05, 3.63) is 47.7 Å². The number of hydrogen-bond donors (Lipinski definition) is 2. The molecule has 0 radical (unpaired) electrons. The molecule has 10 heteroatoms. The summed E-state index contributed by atoms with van der Waals surface area (Å²) in [5.41, 5.74) is 0.665. The van der Waals surface area contributed by atoms with Gasteiger partial charge in [0.1, 0.15) is 23.8 Å². The predicted octanol–water partition coefficient (Wildman–Crippen LogP) is 0.829. The van der Waals surface area contributed by atoms with Crippen LogP contribution in [0.5, 0.6) is 5.88 Å². The molecule has 1 saturated carbocycles. The lowest BCUT2D eigenvalue weighted by atomic mass is 10.0. The van der Waals surface area contributed by atoms with Gasteiger partial charge in [0.15, 0.2) is 11.9 Å². The van der Waals surface area contributed by atoms with E-state index in [0.29, 0.717) is 17.0 Å². The van der Waals surface area contributed by atoms with Gasteiger partial charge in [0.2, 0.25) is 5.88 Å². The van der Waals surface area contributed by atoms with Crippen molar-refractivity contribution >= 4 is 17.4 Å². The molecule has 0 saturated heterocycles. The largest absolute Gasteiger partial charge is 0.473 e. The maximum absolute atomic E-state index is 14.0. The number of aliphatic hydroxyl groups is 1. The van der Waals surface area contributed by atoms with Crippen LogP contribution in [-0.2, 0) is 5.54 Å². The van der Waals surface area contributed by atoms with E-state index in [1.54, 1.807) is 12.3 Å². The average Bonchev–Trinajstić information content (AvgIpc) is 3.38. The second kappa shape index (κ2) is 5.86. The van der Waals surface area contributed by atoms with Crippen LogP contribution < -0.4 is 15.0 Å². The van der Waals surface area contributed by atoms with Crippen molar-refractivity contribution in [3.8, 4) is 5.88 Å². The Hall–Kier alpha value is -3.27. The molecule has 144 valence electrons. The van der Waals surface area contributed by atoms with Crippen molar-refractivity contribution in [3.63, 3.8) is 0 Å². The number of aromatic nitrogens is 4. The number of aliphatic hydroxyl groups excluding tert-OH is 1. The lowest BCUT2D eigenvalue weighted by molar-refractivity contribution is 0.0594. The Morgan fingerprint density at radius 2 is 2.21 bits per heavy atom. The summed E-state index contributed by atoms with van der Waals surface area (Å²) in [6.45, 7) is -0.230. The van der Waals surface area contributed by atoms with Crippen molar-refractivity contribution in [1.82, 2.24) is 24.9 Å². The fourth-order valence-electron chi connectivity index (χ4n) is 3.63. The number of pyridine rings is 1. The highest BCUT2D eigenvalue weighted by Crippen LogP contribution is 2.54. The van der Waals surface area contributed by atoms with Crippen LogP contribution in [0.2, 0.25) is 0 Å². The second-order valence-corrected chi connectivity index (χ2v) is 7.01. The first-order valence-electron chi connectivity index (χ1n) is 8.84. The molecule has 4 heterocycles. The third-order valence-electron chi connectivity index (χ3n) is 5.30. The molecule has 28 heavy (non-hydrogen) atoms.